The van der Waals surface area contributed by atoms with E-state index < -0.39 is 0 Å². The number of thioether (sulfide) groups is 1. The van der Waals surface area contributed by atoms with Gasteiger partial charge in [-0.1, -0.05) is 18.2 Å². The molecule has 0 radical (unpaired) electrons. The fourth-order valence-electron chi connectivity index (χ4n) is 2.22. The molecular formula is C12H12Cl2N2OS. The van der Waals surface area contributed by atoms with Gasteiger partial charge in [-0.05, 0) is 17.7 Å². The fraction of sp³-hybridized carbons (Fsp3) is 0.167. The first kappa shape index (κ1) is 15.1. The lowest BCUT2D eigenvalue weighted by Gasteiger charge is -2.30. The van der Waals surface area contributed by atoms with Crippen LogP contribution < -0.4 is 5.73 Å². The topological polar surface area (TPSA) is 55.5 Å². The van der Waals surface area contributed by atoms with Gasteiger partial charge in [-0.15, -0.1) is 36.6 Å². The van der Waals surface area contributed by atoms with Gasteiger partial charge in [0.15, 0.2) is 0 Å². The summed E-state index contributed by atoms with van der Waals surface area (Å²) in [6.45, 7) is 0. The van der Waals surface area contributed by atoms with Crippen molar-refractivity contribution in [2.45, 2.75) is 4.75 Å². The van der Waals surface area contributed by atoms with E-state index in [1.54, 1.807) is 18.0 Å². The smallest absolute Gasteiger partial charge is 0.245 e. The second-order valence-electron chi connectivity index (χ2n) is 3.83. The first-order valence-electron chi connectivity index (χ1n) is 5.02. The van der Waals surface area contributed by atoms with E-state index in [2.05, 4.69) is 11.1 Å². The molecule has 96 valence electrons. The van der Waals surface area contributed by atoms with Crippen LogP contribution >= 0.6 is 36.6 Å². The average molecular weight is 303 g/mol. The molecule has 2 N–H and O–H groups in total. The Labute approximate surface area is 122 Å². The summed E-state index contributed by atoms with van der Waals surface area (Å²) in [4.78, 5) is 15.7. The number of aliphatic imine (C=N–C) groups is 1. The Bertz CT molecular complexity index is 534. The molecule has 1 aliphatic carbocycles. The summed E-state index contributed by atoms with van der Waals surface area (Å²) in [5, 5.41) is 0. The van der Waals surface area contributed by atoms with Crippen LogP contribution in [0, 0.1) is 0 Å². The molecule has 0 saturated heterocycles. The molecule has 0 bridgehead atoms. The zero-order valence-electron chi connectivity index (χ0n) is 9.33. The maximum absolute atomic E-state index is 11.4. The molecule has 0 aromatic carbocycles. The third kappa shape index (κ3) is 1.94. The number of hydrogen-bond acceptors (Lipinski definition) is 3. The molecule has 3 nitrogen and oxygen atoms in total. The van der Waals surface area contributed by atoms with Crippen LogP contribution in [0.4, 0.5) is 0 Å². The molecule has 1 atom stereocenters. The molecule has 3 aliphatic rings. The number of carbonyl (C=O) groups excluding carboxylic acids is 1. The number of allylic oxidation sites excluding steroid dienone is 4. The van der Waals surface area contributed by atoms with E-state index in [9.17, 15) is 4.79 Å². The Kier molecular flexibility index (Phi) is 4.48. The van der Waals surface area contributed by atoms with Crippen molar-refractivity contribution in [3.8, 4) is 0 Å². The number of nitrogens with two attached hydrogens (primary N) is 1. The van der Waals surface area contributed by atoms with Gasteiger partial charge in [0, 0.05) is 17.5 Å². The van der Waals surface area contributed by atoms with E-state index in [0.717, 1.165) is 11.3 Å². The largest absolute Gasteiger partial charge is 0.366 e. The first-order chi connectivity index (χ1) is 7.74. The Morgan fingerprint density at radius 3 is 2.83 bits per heavy atom. The lowest BCUT2D eigenvalue weighted by molar-refractivity contribution is -0.114. The van der Waals surface area contributed by atoms with Gasteiger partial charge in [0.05, 0.1) is 5.71 Å². The molecule has 18 heavy (non-hydrogen) atoms. The van der Waals surface area contributed by atoms with E-state index in [4.69, 9.17) is 5.73 Å². The number of rotatable bonds is 1. The van der Waals surface area contributed by atoms with Crippen LogP contribution in [0.2, 0.25) is 0 Å². The van der Waals surface area contributed by atoms with Crippen LogP contribution in [0.3, 0.4) is 0 Å². The Morgan fingerprint density at radius 1 is 1.33 bits per heavy atom. The van der Waals surface area contributed by atoms with Gasteiger partial charge in [0.25, 0.3) is 0 Å². The van der Waals surface area contributed by atoms with Crippen LogP contribution in [0.1, 0.15) is 0 Å². The Morgan fingerprint density at radius 2 is 2.11 bits per heavy atom. The van der Waals surface area contributed by atoms with Crippen LogP contribution in [-0.2, 0) is 4.79 Å². The summed E-state index contributed by atoms with van der Waals surface area (Å²) in [5.41, 5.74) is 8.09. The SMILES string of the molecule is Cl.Cl.NC(=O)C1=C2C=CN=C3C=CC=CC32SC1. The molecule has 2 heterocycles. The predicted octanol–water partition coefficient (Wildman–Crippen LogP) is 2.19. The van der Waals surface area contributed by atoms with Crippen LogP contribution in [0.5, 0.6) is 0 Å². The van der Waals surface area contributed by atoms with E-state index in [1.165, 1.54) is 0 Å². The summed E-state index contributed by atoms with van der Waals surface area (Å²) in [7, 11) is 0. The summed E-state index contributed by atoms with van der Waals surface area (Å²) in [6, 6.07) is 0. The van der Waals surface area contributed by atoms with Gasteiger partial charge in [0.1, 0.15) is 4.75 Å². The minimum atomic E-state index is -0.326. The van der Waals surface area contributed by atoms with Gasteiger partial charge < -0.3 is 5.73 Å². The van der Waals surface area contributed by atoms with Crippen LogP contribution in [0.25, 0.3) is 0 Å². The molecule has 0 aromatic rings. The molecule has 1 unspecified atom stereocenters. The highest BCUT2D eigenvalue weighted by Gasteiger charge is 2.45. The lowest BCUT2D eigenvalue weighted by Crippen LogP contribution is -2.34. The van der Waals surface area contributed by atoms with E-state index in [-0.39, 0.29) is 35.5 Å². The molecule has 0 fully saturated rings. The number of carbonyl (C=O) groups is 1. The maximum atomic E-state index is 11.4. The number of primary amides is 1. The number of halogens is 2. The van der Waals surface area contributed by atoms with Crippen molar-refractivity contribution < 1.29 is 4.79 Å². The van der Waals surface area contributed by atoms with E-state index >= 15 is 0 Å². The molecule has 1 amide bonds. The molecule has 0 saturated carbocycles. The highest BCUT2D eigenvalue weighted by molar-refractivity contribution is 8.02. The van der Waals surface area contributed by atoms with Gasteiger partial charge in [-0.25, -0.2) is 0 Å². The standard InChI is InChI=1S/C12H10N2OS.2ClH/c13-11(15)8-7-16-12-5-2-1-3-10(12)14-6-4-9(8)12;;/h1-6H,7H2,(H2,13,15);2*1H. The molecule has 0 aromatic heterocycles. The van der Waals surface area contributed by atoms with Crippen molar-refractivity contribution in [1.82, 2.24) is 0 Å². The third-order valence-electron chi connectivity index (χ3n) is 3.00. The summed E-state index contributed by atoms with van der Waals surface area (Å²) < 4.78 is -0.270. The van der Waals surface area contributed by atoms with Gasteiger partial charge in [-0.3, -0.25) is 9.79 Å². The van der Waals surface area contributed by atoms with Crippen molar-refractivity contribution in [3.63, 3.8) is 0 Å². The lowest BCUT2D eigenvalue weighted by atomic mass is 9.85. The van der Waals surface area contributed by atoms with Crippen molar-refractivity contribution in [2.75, 3.05) is 5.75 Å². The van der Waals surface area contributed by atoms with Crippen LogP contribution in [-0.4, -0.2) is 22.1 Å². The average Bonchev–Trinajstić information content (AvgIpc) is 2.66. The van der Waals surface area contributed by atoms with Crippen molar-refractivity contribution in [3.05, 3.63) is 47.7 Å². The fourth-order valence-corrected chi connectivity index (χ4v) is 3.68. The second-order valence-corrected chi connectivity index (χ2v) is 5.05. The van der Waals surface area contributed by atoms with Gasteiger partial charge in [0.2, 0.25) is 5.91 Å². The number of nitrogens with zero attached hydrogens (tertiary/aromatic N) is 1. The molecule has 3 rings (SSSR count). The van der Waals surface area contributed by atoms with E-state index in [1.807, 2.05) is 24.3 Å². The summed E-state index contributed by atoms with van der Waals surface area (Å²) >= 11 is 1.70. The van der Waals surface area contributed by atoms with Crippen molar-refractivity contribution in [2.24, 2.45) is 10.7 Å². The Balaban J connectivity index is 0.000000810. The van der Waals surface area contributed by atoms with E-state index in [0.29, 0.717) is 11.3 Å². The third-order valence-corrected chi connectivity index (χ3v) is 4.45. The summed E-state index contributed by atoms with van der Waals surface area (Å²) in [5.74, 6) is 0.333. The number of hydrogen-bond donors (Lipinski definition) is 1. The second kappa shape index (κ2) is 5.34. The quantitative estimate of drug-likeness (QED) is 0.807. The van der Waals surface area contributed by atoms with Crippen molar-refractivity contribution in [1.29, 1.82) is 0 Å². The highest BCUT2D eigenvalue weighted by Crippen LogP contribution is 2.48. The zero-order chi connectivity index (χ0) is 11.2. The van der Waals surface area contributed by atoms with Crippen molar-refractivity contribution >= 4 is 48.2 Å². The minimum absolute atomic E-state index is 0. The Hall–Kier alpha value is -0.970. The van der Waals surface area contributed by atoms with Gasteiger partial charge in [-0.2, -0.15) is 0 Å². The maximum Gasteiger partial charge on any atom is 0.245 e. The highest BCUT2D eigenvalue weighted by atomic mass is 35.5. The monoisotopic (exact) mass is 302 g/mol. The summed E-state index contributed by atoms with van der Waals surface area (Å²) in [6.07, 6.45) is 11.7. The first-order valence-corrected chi connectivity index (χ1v) is 6.01. The van der Waals surface area contributed by atoms with Gasteiger partial charge >= 0.3 is 0 Å². The molecular weight excluding hydrogens is 291 g/mol. The number of amides is 1. The minimum Gasteiger partial charge on any atom is -0.366 e. The molecule has 6 heteroatoms. The molecule has 2 aliphatic heterocycles. The zero-order valence-corrected chi connectivity index (χ0v) is 11.8. The normalized spacial score (nSPS) is 26.8. The molecule has 1 spiro atoms. The predicted molar refractivity (Wildman–Crippen MR) is 80.8 cm³/mol. The van der Waals surface area contributed by atoms with Crippen LogP contribution in [0.15, 0.2) is 52.7 Å².